The van der Waals surface area contributed by atoms with E-state index in [4.69, 9.17) is 14.9 Å². The molecule has 4 heteroatoms. The van der Waals surface area contributed by atoms with E-state index < -0.39 is 0 Å². The lowest BCUT2D eigenvalue weighted by Gasteiger charge is -2.17. The van der Waals surface area contributed by atoms with Gasteiger partial charge in [0.05, 0.1) is 12.4 Å². The highest BCUT2D eigenvalue weighted by Gasteiger charge is 2.08. The molecule has 1 aromatic carbocycles. The summed E-state index contributed by atoms with van der Waals surface area (Å²) >= 11 is 0. The van der Waals surface area contributed by atoms with Gasteiger partial charge < -0.3 is 20.2 Å². The average Bonchev–Trinajstić information content (AvgIpc) is 2.79. The number of rotatable bonds is 6. The van der Waals surface area contributed by atoms with Gasteiger partial charge >= 0.3 is 0 Å². The predicted octanol–water partition coefficient (Wildman–Crippen LogP) is 3.69. The topological polar surface area (TPSA) is 60.4 Å². The van der Waals surface area contributed by atoms with Gasteiger partial charge in [0.25, 0.3) is 0 Å². The van der Waals surface area contributed by atoms with E-state index >= 15 is 0 Å². The molecule has 0 amide bonds. The highest BCUT2D eigenvalue weighted by atomic mass is 16.5. The second-order valence-electron chi connectivity index (χ2n) is 5.29. The lowest BCUT2D eigenvalue weighted by molar-refractivity contribution is 0.242. The van der Waals surface area contributed by atoms with Crippen LogP contribution in [0.2, 0.25) is 0 Å². The van der Waals surface area contributed by atoms with E-state index in [9.17, 15) is 0 Å². The summed E-state index contributed by atoms with van der Waals surface area (Å²) in [6, 6.07) is 9.83. The molecule has 0 radical (unpaired) electrons. The molecule has 2 rings (SSSR count). The van der Waals surface area contributed by atoms with Crippen molar-refractivity contribution in [2.24, 2.45) is 0 Å². The molecule has 3 N–H and O–H groups in total. The first kappa shape index (κ1) is 14.3. The molecule has 0 aliphatic heterocycles. The van der Waals surface area contributed by atoms with Crippen molar-refractivity contribution in [1.82, 2.24) is 0 Å². The van der Waals surface area contributed by atoms with Crippen LogP contribution in [0, 0.1) is 0 Å². The molecular weight excluding hydrogens is 252 g/mol. The fourth-order valence-electron chi connectivity index (χ4n) is 2.11. The predicted molar refractivity (Wildman–Crippen MR) is 82.1 cm³/mol. The Labute approximate surface area is 119 Å². The van der Waals surface area contributed by atoms with Gasteiger partial charge in [-0.05, 0) is 39.0 Å². The van der Waals surface area contributed by atoms with Crippen molar-refractivity contribution < 1.29 is 9.15 Å². The SMILES string of the molecule is CC(Cc1ccco1)Nc1cc(N)cc(OC(C)C)c1. The minimum absolute atomic E-state index is 0.130. The molecule has 0 aliphatic rings. The van der Waals surface area contributed by atoms with Crippen LogP contribution >= 0.6 is 0 Å². The van der Waals surface area contributed by atoms with Crippen molar-refractivity contribution in [1.29, 1.82) is 0 Å². The van der Waals surface area contributed by atoms with Crippen molar-refractivity contribution >= 4 is 11.4 Å². The molecule has 20 heavy (non-hydrogen) atoms. The number of hydrogen-bond donors (Lipinski definition) is 2. The third-order valence-corrected chi connectivity index (χ3v) is 2.80. The summed E-state index contributed by atoms with van der Waals surface area (Å²) in [4.78, 5) is 0. The Morgan fingerprint density at radius 2 is 2.05 bits per heavy atom. The molecule has 0 fully saturated rings. The molecule has 0 bridgehead atoms. The first-order valence-electron chi connectivity index (χ1n) is 6.89. The molecule has 0 saturated heterocycles. The first-order valence-corrected chi connectivity index (χ1v) is 6.89. The van der Waals surface area contributed by atoms with Crippen molar-refractivity contribution in [2.75, 3.05) is 11.1 Å². The number of nitrogen functional groups attached to an aromatic ring is 1. The van der Waals surface area contributed by atoms with Gasteiger partial charge in [-0.15, -0.1) is 0 Å². The molecule has 1 unspecified atom stereocenters. The fourth-order valence-corrected chi connectivity index (χ4v) is 2.11. The molecule has 0 saturated carbocycles. The van der Waals surface area contributed by atoms with Crippen LogP contribution in [0.1, 0.15) is 26.5 Å². The fraction of sp³-hybridized carbons (Fsp3) is 0.375. The van der Waals surface area contributed by atoms with Gasteiger partial charge in [-0.2, -0.15) is 0 Å². The summed E-state index contributed by atoms with van der Waals surface area (Å²) in [5.74, 6) is 1.75. The number of benzene rings is 1. The first-order chi connectivity index (χ1) is 9.52. The molecule has 0 aliphatic carbocycles. The maximum Gasteiger partial charge on any atom is 0.123 e. The highest BCUT2D eigenvalue weighted by molar-refractivity contribution is 5.59. The van der Waals surface area contributed by atoms with Crippen LogP contribution in [0.5, 0.6) is 5.75 Å². The number of nitrogens with one attached hydrogen (secondary N) is 1. The number of hydrogen-bond acceptors (Lipinski definition) is 4. The Balaban J connectivity index is 2.02. The molecule has 4 nitrogen and oxygen atoms in total. The highest BCUT2D eigenvalue weighted by Crippen LogP contribution is 2.24. The zero-order valence-corrected chi connectivity index (χ0v) is 12.2. The summed E-state index contributed by atoms with van der Waals surface area (Å²) in [5, 5.41) is 3.41. The number of anilines is 2. The summed E-state index contributed by atoms with van der Waals surface area (Å²) < 4.78 is 11.0. The van der Waals surface area contributed by atoms with Gasteiger partial charge in [0.2, 0.25) is 0 Å². The van der Waals surface area contributed by atoms with E-state index in [1.54, 1.807) is 6.26 Å². The van der Waals surface area contributed by atoms with Crippen LogP contribution in [0.15, 0.2) is 41.0 Å². The third-order valence-electron chi connectivity index (χ3n) is 2.80. The van der Waals surface area contributed by atoms with Crippen molar-refractivity contribution in [3.63, 3.8) is 0 Å². The van der Waals surface area contributed by atoms with Crippen LogP contribution in [0.4, 0.5) is 11.4 Å². The summed E-state index contributed by atoms with van der Waals surface area (Å²) in [6.45, 7) is 6.10. The van der Waals surface area contributed by atoms with E-state index in [-0.39, 0.29) is 12.1 Å². The molecule has 108 valence electrons. The monoisotopic (exact) mass is 274 g/mol. The maximum absolute atomic E-state index is 5.91. The molecule has 0 spiro atoms. The van der Waals surface area contributed by atoms with E-state index in [0.717, 1.165) is 23.6 Å². The zero-order chi connectivity index (χ0) is 14.5. The Bertz CT molecular complexity index is 535. The molecule has 1 aromatic heterocycles. The standard InChI is InChI=1S/C16H22N2O2/c1-11(2)20-16-9-13(17)8-14(10-16)18-12(3)7-15-5-4-6-19-15/h4-6,8-12,18H,7,17H2,1-3H3. The van der Waals surface area contributed by atoms with E-state index in [0.29, 0.717) is 5.69 Å². The third kappa shape index (κ3) is 4.23. The largest absolute Gasteiger partial charge is 0.491 e. The Morgan fingerprint density at radius 3 is 2.70 bits per heavy atom. The Kier molecular flexibility index (Phi) is 4.56. The van der Waals surface area contributed by atoms with E-state index in [1.165, 1.54) is 0 Å². The van der Waals surface area contributed by atoms with E-state index in [1.807, 2.05) is 44.2 Å². The van der Waals surface area contributed by atoms with Crippen LogP contribution in [0.3, 0.4) is 0 Å². The van der Waals surface area contributed by atoms with Crippen LogP contribution in [-0.4, -0.2) is 12.1 Å². The van der Waals surface area contributed by atoms with Gasteiger partial charge in [-0.1, -0.05) is 0 Å². The van der Waals surface area contributed by atoms with Crippen molar-refractivity contribution in [2.45, 2.75) is 39.3 Å². The Hall–Kier alpha value is -2.10. The smallest absolute Gasteiger partial charge is 0.123 e. The van der Waals surface area contributed by atoms with Gasteiger partial charge in [0, 0.05) is 36.0 Å². The molecular formula is C16H22N2O2. The molecule has 1 heterocycles. The van der Waals surface area contributed by atoms with Crippen LogP contribution < -0.4 is 15.8 Å². The summed E-state index contributed by atoms with van der Waals surface area (Å²) in [6.07, 6.45) is 2.64. The van der Waals surface area contributed by atoms with Gasteiger partial charge in [0.1, 0.15) is 11.5 Å². The van der Waals surface area contributed by atoms with Crippen molar-refractivity contribution in [3.05, 3.63) is 42.4 Å². The van der Waals surface area contributed by atoms with E-state index in [2.05, 4.69) is 12.2 Å². The van der Waals surface area contributed by atoms with Crippen LogP contribution in [-0.2, 0) is 6.42 Å². The van der Waals surface area contributed by atoms with Gasteiger partial charge in [-0.3, -0.25) is 0 Å². The average molecular weight is 274 g/mol. The lowest BCUT2D eigenvalue weighted by Crippen LogP contribution is -2.18. The van der Waals surface area contributed by atoms with Crippen LogP contribution in [0.25, 0.3) is 0 Å². The second kappa shape index (κ2) is 6.37. The Morgan fingerprint density at radius 1 is 1.25 bits per heavy atom. The summed E-state index contributed by atoms with van der Waals surface area (Å²) in [7, 11) is 0. The van der Waals surface area contributed by atoms with Gasteiger partial charge in [-0.25, -0.2) is 0 Å². The maximum atomic E-state index is 5.91. The van der Waals surface area contributed by atoms with Crippen molar-refractivity contribution in [3.8, 4) is 5.75 Å². The normalized spacial score (nSPS) is 12.4. The second-order valence-corrected chi connectivity index (χ2v) is 5.29. The minimum Gasteiger partial charge on any atom is -0.491 e. The minimum atomic E-state index is 0.130. The summed E-state index contributed by atoms with van der Waals surface area (Å²) in [5.41, 5.74) is 7.56. The number of furan rings is 1. The lowest BCUT2D eigenvalue weighted by atomic mass is 10.1. The van der Waals surface area contributed by atoms with Gasteiger partial charge in [0.15, 0.2) is 0 Å². The zero-order valence-electron chi connectivity index (χ0n) is 12.2. The quantitative estimate of drug-likeness (QED) is 0.789. The molecule has 2 aromatic rings. The number of ether oxygens (including phenoxy) is 1. The molecule has 1 atom stereocenters. The number of nitrogens with two attached hydrogens (primary N) is 1.